The summed E-state index contributed by atoms with van der Waals surface area (Å²) in [5.74, 6) is 1.36. The molecule has 19 heavy (non-hydrogen) atoms. The summed E-state index contributed by atoms with van der Waals surface area (Å²) in [5, 5.41) is 7.30. The molecular weight excluding hydrogens is 240 g/mol. The van der Waals surface area contributed by atoms with Gasteiger partial charge in [0.1, 0.15) is 0 Å². The number of hydrogen-bond donors (Lipinski definition) is 1. The van der Waals surface area contributed by atoms with Gasteiger partial charge in [-0.1, -0.05) is 18.2 Å². The summed E-state index contributed by atoms with van der Waals surface area (Å²) in [6.45, 7) is 3.82. The van der Waals surface area contributed by atoms with Gasteiger partial charge in [0, 0.05) is 32.2 Å². The van der Waals surface area contributed by atoms with Crippen LogP contribution in [0.25, 0.3) is 0 Å². The lowest BCUT2D eigenvalue weighted by Crippen LogP contribution is -2.17. The Bertz CT molecular complexity index is 483. The van der Waals surface area contributed by atoms with Crippen molar-refractivity contribution in [2.24, 2.45) is 0 Å². The van der Waals surface area contributed by atoms with Crippen molar-refractivity contribution in [2.75, 3.05) is 30.4 Å². The summed E-state index contributed by atoms with van der Waals surface area (Å²) in [6, 6.07) is 10.2. The molecular formula is C14H20N4O. The number of benzene rings is 1. The Hall–Kier alpha value is -2.04. The Labute approximate surface area is 113 Å². The number of hydrogen-bond acceptors (Lipinski definition) is 5. The maximum Gasteiger partial charge on any atom is 0.265 e. The number of nitrogens with zero attached hydrogens (tertiary/aromatic N) is 3. The van der Waals surface area contributed by atoms with Crippen LogP contribution < -0.4 is 10.2 Å². The molecule has 0 aliphatic heterocycles. The average molecular weight is 260 g/mol. The van der Waals surface area contributed by atoms with E-state index in [1.165, 1.54) is 0 Å². The third-order valence-corrected chi connectivity index (χ3v) is 2.94. The quantitative estimate of drug-likeness (QED) is 0.775. The number of para-hydroxylation sites is 1. The first-order valence-electron chi connectivity index (χ1n) is 6.62. The molecule has 2 rings (SSSR count). The van der Waals surface area contributed by atoms with Crippen molar-refractivity contribution in [3.8, 4) is 0 Å². The van der Waals surface area contributed by atoms with Crippen LogP contribution in [0.2, 0.25) is 0 Å². The molecule has 1 N–H and O–H groups in total. The van der Waals surface area contributed by atoms with E-state index in [4.69, 9.17) is 4.52 Å². The predicted octanol–water partition coefficient (Wildman–Crippen LogP) is 2.57. The van der Waals surface area contributed by atoms with Crippen LogP contribution in [0.15, 0.2) is 34.9 Å². The van der Waals surface area contributed by atoms with Crippen molar-refractivity contribution in [2.45, 2.75) is 19.8 Å². The molecule has 5 nitrogen and oxygen atoms in total. The Morgan fingerprint density at radius 1 is 1.26 bits per heavy atom. The minimum absolute atomic E-state index is 0.661. The van der Waals surface area contributed by atoms with E-state index < -0.39 is 0 Å². The summed E-state index contributed by atoms with van der Waals surface area (Å²) >= 11 is 0. The molecule has 102 valence electrons. The van der Waals surface area contributed by atoms with E-state index in [1.807, 2.05) is 30.1 Å². The molecule has 0 spiro atoms. The third-order valence-electron chi connectivity index (χ3n) is 2.94. The van der Waals surface area contributed by atoms with E-state index in [-0.39, 0.29) is 0 Å². The van der Waals surface area contributed by atoms with Crippen molar-refractivity contribution in [1.82, 2.24) is 10.1 Å². The van der Waals surface area contributed by atoms with Crippen molar-refractivity contribution >= 4 is 11.6 Å². The highest BCUT2D eigenvalue weighted by Gasteiger charge is 2.08. The first-order chi connectivity index (χ1) is 9.29. The molecule has 0 bridgehead atoms. The molecule has 0 amide bonds. The van der Waals surface area contributed by atoms with Gasteiger partial charge in [-0.05, 0) is 30.6 Å². The minimum Gasteiger partial charge on any atom is -0.385 e. The number of rotatable bonds is 7. The molecule has 2 aromatic rings. The summed E-state index contributed by atoms with van der Waals surface area (Å²) in [6.07, 6.45) is 1.76. The largest absolute Gasteiger partial charge is 0.385 e. The molecule has 0 radical (unpaired) electrons. The Morgan fingerprint density at radius 3 is 2.79 bits per heavy atom. The lowest BCUT2D eigenvalue weighted by atomic mass is 10.3. The molecule has 0 saturated heterocycles. The zero-order valence-electron chi connectivity index (χ0n) is 11.5. The van der Waals surface area contributed by atoms with Crippen LogP contribution in [-0.2, 0) is 6.42 Å². The van der Waals surface area contributed by atoms with Crippen LogP contribution in [0.5, 0.6) is 0 Å². The van der Waals surface area contributed by atoms with Crippen molar-refractivity contribution < 1.29 is 4.52 Å². The van der Waals surface area contributed by atoms with Gasteiger partial charge >= 0.3 is 0 Å². The maximum atomic E-state index is 5.21. The second kappa shape index (κ2) is 6.78. The molecule has 5 heteroatoms. The zero-order chi connectivity index (χ0) is 13.5. The van der Waals surface area contributed by atoms with Gasteiger partial charge < -0.3 is 14.7 Å². The topological polar surface area (TPSA) is 54.2 Å². The number of aromatic nitrogens is 2. The first kappa shape index (κ1) is 13.4. The van der Waals surface area contributed by atoms with Crippen LogP contribution in [0.4, 0.5) is 11.6 Å². The van der Waals surface area contributed by atoms with E-state index in [0.29, 0.717) is 11.8 Å². The van der Waals surface area contributed by atoms with Gasteiger partial charge in [-0.2, -0.15) is 4.98 Å². The van der Waals surface area contributed by atoms with Gasteiger partial charge in [0.15, 0.2) is 0 Å². The highest BCUT2D eigenvalue weighted by molar-refractivity contribution is 5.42. The fraction of sp³-hybridized carbons (Fsp3) is 0.429. The number of aryl methyl sites for hydroxylation is 1. The van der Waals surface area contributed by atoms with Gasteiger partial charge in [0.2, 0.25) is 5.89 Å². The zero-order valence-corrected chi connectivity index (χ0v) is 11.5. The molecule has 0 saturated carbocycles. The smallest absolute Gasteiger partial charge is 0.265 e. The van der Waals surface area contributed by atoms with Crippen LogP contribution in [0, 0.1) is 0 Å². The van der Waals surface area contributed by atoms with Crippen LogP contribution >= 0.6 is 0 Å². The fourth-order valence-corrected chi connectivity index (χ4v) is 1.67. The summed E-state index contributed by atoms with van der Waals surface area (Å²) in [7, 11) is 1.95. The van der Waals surface area contributed by atoms with Gasteiger partial charge in [-0.3, -0.25) is 0 Å². The van der Waals surface area contributed by atoms with Crippen molar-refractivity contribution in [3.05, 3.63) is 36.2 Å². The molecule has 1 aromatic carbocycles. The summed E-state index contributed by atoms with van der Waals surface area (Å²) < 4.78 is 5.21. The Morgan fingerprint density at radius 2 is 2.05 bits per heavy atom. The van der Waals surface area contributed by atoms with Gasteiger partial charge in [0.05, 0.1) is 0 Å². The standard InChI is InChI=1S/C14H20N4O/c1-3-18(2)14-16-13(19-17-14)10-7-11-15-12-8-5-4-6-9-12/h4-6,8-9,15H,3,7,10-11H2,1-2H3. The molecule has 0 atom stereocenters. The van der Waals surface area contributed by atoms with E-state index in [0.717, 1.165) is 31.6 Å². The van der Waals surface area contributed by atoms with Crippen LogP contribution in [-0.4, -0.2) is 30.3 Å². The van der Waals surface area contributed by atoms with Crippen molar-refractivity contribution in [3.63, 3.8) is 0 Å². The first-order valence-corrected chi connectivity index (χ1v) is 6.62. The lowest BCUT2D eigenvalue weighted by molar-refractivity contribution is 0.376. The van der Waals surface area contributed by atoms with E-state index in [9.17, 15) is 0 Å². The minimum atomic E-state index is 0.661. The SMILES string of the molecule is CCN(C)c1noc(CCCNc2ccccc2)n1. The molecule has 0 aliphatic carbocycles. The second-order valence-corrected chi connectivity index (χ2v) is 4.40. The van der Waals surface area contributed by atoms with Gasteiger partial charge in [-0.25, -0.2) is 0 Å². The highest BCUT2D eigenvalue weighted by Crippen LogP contribution is 2.09. The summed E-state index contributed by atoms with van der Waals surface area (Å²) in [4.78, 5) is 6.30. The fourth-order valence-electron chi connectivity index (χ4n) is 1.67. The van der Waals surface area contributed by atoms with Gasteiger partial charge in [-0.15, -0.1) is 0 Å². The maximum absolute atomic E-state index is 5.21. The molecule has 1 aromatic heterocycles. The second-order valence-electron chi connectivity index (χ2n) is 4.40. The number of nitrogens with one attached hydrogen (secondary N) is 1. The van der Waals surface area contributed by atoms with Gasteiger partial charge in [0.25, 0.3) is 5.95 Å². The molecule has 1 heterocycles. The van der Waals surface area contributed by atoms with Crippen LogP contribution in [0.1, 0.15) is 19.2 Å². The third kappa shape index (κ3) is 3.98. The monoisotopic (exact) mass is 260 g/mol. The van der Waals surface area contributed by atoms with E-state index >= 15 is 0 Å². The summed E-state index contributed by atoms with van der Waals surface area (Å²) in [5.41, 5.74) is 1.14. The normalized spacial score (nSPS) is 10.4. The molecule has 0 fully saturated rings. The van der Waals surface area contributed by atoms with Crippen LogP contribution in [0.3, 0.4) is 0 Å². The number of anilines is 2. The molecule has 0 unspecified atom stereocenters. The lowest BCUT2D eigenvalue weighted by Gasteiger charge is -2.08. The Kier molecular flexibility index (Phi) is 4.78. The van der Waals surface area contributed by atoms with E-state index in [2.05, 4.69) is 34.5 Å². The van der Waals surface area contributed by atoms with Crippen molar-refractivity contribution in [1.29, 1.82) is 0 Å². The van der Waals surface area contributed by atoms with E-state index in [1.54, 1.807) is 0 Å². The predicted molar refractivity (Wildman–Crippen MR) is 76.5 cm³/mol. The Balaban J connectivity index is 1.72. The molecule has 0 aliphatic rings. The highest BCUT2D eigenvalue weighted by atomic mass is 16.5. The average Bonchev–Trinajstić information content (AvgIpc) is 2.93.